The van der Waals surface area contributed by atoms with Gasteiger partial charge in [0.05, 0.1) is 18.0 Å². The summed E-state index contributed by atoms with van der Waals surface area (Å²) in [6.45, 7) is 2.86. The average Bonchev–Trinajstić information content (AvgIpc) is 3.09. The predicted octanol–water partition coefficient (Wildman–Crippen LogP) is 2.89. The number of hydrogen-bond donors (Lipinski definition) is 2. The van der Waals surface area contributed by atoms with E-state index in [1.807, 2.05) is 0 Å². The first-order valence-electron chi connectivity index (χ1n) is 11.8. The molecule has 1 saturated heterocycles. The van der Waals surface area contributed by atoms with Crippen LogP contribution in [0.2, 0.25) is 0 Å². The lowest BCUT2D eigenvalue weighted by molar-refractivity contribution is -0.123. The number of amides is 2. The van der Waals surface area contributed by atoms with Gasteiger partial charge in [0.25, 0.3) is 0 Å². The van der Waals surface area contributed by atoms with Crippen molar-refractivity contribution in [1.82, 2.24) is 14.5 Å². The molecular formula is C25H33FN4O4S. The topological polar surface area (TPSA) is 98.8 Å². The van der Waals surface area contributed by atoms with Gasteiger partial charge in [0, 0.05) is 25.3 Å². The smallest absolute Gasteiger partial charge is 0.243 e. The van der Waals surface area contributed by atoms with Crippen LogP contribution in [0.15, 0.2) is 47.4 Å². The van der Waals surface area contributed by atoms with Crippen molar-refractivity contribution in [3.8, 4) is 0 Å². The Labute approximate surface area is 206 Å². The number of aryl methyl sites for hydroxylation is 1. The molecular weight excluding hydrogens is 471 g/mol. The van der Waals surface area contributed by atoms with Gasteiger partial charge in [0.15, 0.2) is 0 Å². The Hall–Kier alpha value is -2.82. The quantitative estimate of drug-likeness (QED) is 0.547. The second-order valence-corrected chi connectivity index (χ2v) is 10.8. The van der Waals surface area contributed by atoms with Crippen molar-refractivity contribution in [2.24, 2.45) is 0 Å². The number of carbonyl (C=O) groups excluding carboxylic acids is 2. The maximum atomic E-state index is 13.2. The van der Waals surface area contributed by atoms with E-state index in [0.717, 1.165) is 25.7 Å². The number of sulfonamides is 1. The molecule has 0 aromatic heterocycles. The Kier molecular flexibility index (Phi) is 9.36. The maximum Gasteiger partial charge on any atom is 0.243 e. The monoisotopic (exact) mass is 504 g/mol. The summed E-state index contributed by atoms with van der Waals surface area (Å²) in [7, 11) is -2.02. The molecule has 1 aliphatic rings. The van der Waals surface area contributed by atoms with Crippen LogP contribution in [-0.4, -0.2) is 62.7 Å². The fourth-order valence-electron chi connectivity index (χ4n) is 4.03. The Morgan fingerprint density at radius 2 is 1.69 bits per heavy atom. The van der Waals surface area contributed by atoms with Gasteiger partial charge in [-0.1, -0.05) is 31.0 Å². The summed E-state index contributed by atoms with van der Waals surface area (Å²) in [6, 6.07) is 10.8. The molecule has 8 nitrogen and oxygen atoms in total. The number of hydrogen-bond acceptors (Lipinski definition) is 5. The predicted molar refractivity (Wildman–Crippen MR) is 133 cm³/mol. The highest BCUT2D eigenvalue weighted by Crippen LogP contribution is 2.25. The molecule has 190 valence electrons. The van der Waals surface area contributed by atoms with Gasteiger partial charge in [-0.25, -0.2) is 12.8 Å². The van der Waals surface area contributed by atoms with Crippen LogP contribution in [-0.2, 0) is 26.2 Å². The molecule has 0 saturated carbocycles. The van der Waals surface area contributed by atoms with Gasteiger partial charge in [-0.05, 0) is 62.2 Å². The van der Waals surface area contributed by atoms with E-state index in [1.54, 1.807) is 43.1 Å². The third kappa shape index (κ3) is 7.84. The van der Waals surface area contributed by atoms with Crippen LogP contribution in [0.4, 0.5) is 10.1 Å². The summed E-state index contributed by atoms with van der Waals surface area (Å²) in [5, 5.41) is 5.42. The van der Waals surface area contributed by atoms with E-state index < -0.39 is 10.0 Å². The van der Waals surface area contributed by atoms with Crippen LogP contribution < -0.4 is 10.6 Å². The van der Waals surface area contributed by atoms with Gasteiger partial charge >= 0.3 is 0 Å². The Morgan fingerprint density at radius 1 is 1.00 bits per heavy atom. The zero-order valence-corrected chi connectivity index (χ0v) is 21.0. The standard InChI is InChI=1S/C25H33FN4O4S/c1-19-10-11-22(15-23(19)35(33,34)30-12-5-3-4-6-13-30)28-25(32)18-29(2)17-24(31)27-16-20-8-7-9-21(26)14-20/h7-11,14-15H,3-6,12-13,16-18H2,1-2H3,(H,27,31)(H,28,32). The van der Waals surface area contributed by atoms with Crippen LogP contribution >= 0.6 is 0 Å². The summed E-state index contributed by atoms with van der Waals surface area (Å²) in [5.74, 6) is -1.04. The fraction of sp³-hybridized carbons (Fsp3) is 0.440. The van der Waals surface area contributed by atoms with Gasteiger partial charge < -0.3 is 10.6 Å². The molecule has 0 aliphatic carbocycles. The molecule has 10 heteroatoms. The summed E-state index contributed by atoms with van der Waals surface area (Å²) in [4.78, 5) is 26.4. The largest absolute Gasteiger partial charge is 0.351 e. The van der Waals surface area contributed by atoms with Gasteiger partial charge in [-0.15, -0.1) is 0 Å². The lowest BCUT2D eigenvalue weighted by Gasteiger charge is -2.22. The van der Waals surface area contributed by atoms with Gasteiger partial charge in [-0.3, -0.25) is 14.5 Å². The van der Waals surface area contributed by atoms with E-state index >= 15 is 0 Å². The van der Waals surface area contributed by atoms with Gasteiger partial charge in [-0.2, -0.15) is 4.31 Å². The molecule has 1 heterocycles. The Balaban J connectivity index is 1.55. The van der Waals surface area contributed by atoms with Crippen LogP contribution in [0.25, 0.3) is 0 Å². The third-order valence-corrected chi connectivity index (χ3v) is 7.90. The van der Waals surface area contributed by atoms with E-state index in [0.29, 0.717) is 29.9 Å². The number of nitrogens with zero attached hydrogens (tertiary/aromatic N) is 2. The zero-order chi connectivity index (χ0) is 25.4. The third-order valence-electron chi connectivity index (χ3n) is 5.86. The first-order valence-corrected chi connectivity index (χ1v) is 13.2. The normalized spacial score (nSPS) is 15.0. The van der Waals surface area contributed by atoms with E-state index in [-0.39, 0.29) is 42.2 Å². The molecule has 3 rings (SSSR count). The summed E-state index contributed by atoms with van der Waals surface area (Å²) in [6.07, 6.45) is 3.74. The van der Waals surface area contributed by atoms with Crippen molar-refractivity contribution in [2.75, 3.05) is 38.5 Å². The number of halogens is 1. The van der Waals surface area contributed by atoms with Gasteiger partial charge in [0.1, 0.15) is 5.82 Å². The molecule has 0 radical (unpaired) electrons. The summed E-state index contributed by atoms with van der Waals surface area (Å²) in [5.41, 5.74) is 1.65. The number of carbonyl (C=O) groups is 2. The Bertz CT molecular complexity index is 1150. The minimum atomic E-state index is -3.65. The average molecular weight is 505 g/mol. The van der Waals surface area contributed by atoms with Crippen molar-refractivity contribution in [3.05, 3.63) is 59.4 Å². The lowest BCUT2D eigenvalue weighted by atomic mass is 10.2. The molecule has 1 fully saturated rings. The van der Waals surface area contributed by atoms with Crippen LogP contribution in [0.1, 0.15) is 36.8 Å². The van der Waals surface area contributed by atoms with E-state index in [2.05, 4.69) is 10.6 Å². The highest BCUT2D eigenvalue weighted by molar-refractivity contribution is 7.89. The molecule has 0 spiro atoms. The van der Waals surface area contributed by atoms with Crippen LogP contribution in [0, 0.1) is 12.7 Å². The Morgan fingerprint density at radius 3 is 2.37 bits per heavy atom. The highest BCUT2D eigenvalue weighted by Gasteiger charge is 2.27. The number of rotatable bonds is 9. The van der Waals surface area contributed by atoms with Gasteiger partial charge in [0.2, 0.25) is 21.8 Å². The van der Waals surface area contributed by atoms with Crippen molar-refractivity contribution in [3.63, 3.8) is 0 Å². The molecule has 35 heavy (non-hydrogen) atoms. The van der Waals surface area contributed by atoms with Crippen LogP contribution in [0.3, 0.4) is 0 Å². The second kappa shape index (κ2) is 12.2. The lowest BCUT2D eigenvalue weighted by Crippen LogP contribution is -2.38. The minimum absolute atomic E-state index is 0.0226. The summed E-state index contributed by atoms with van der Waals surface area (Å²) >= 11 is 0. The molecule has 2 aromatic rings. The van der Waals surface area contributed by atoms with Crippen molar-refractivity contribution in [1.29, 1.82) is 0 Å². The number of likely N-dealkylation sites (N-methyl/N-ethyl adjacent to an activating group) is 1. The maximum absolute atomic E-state index is 13.2. The second-order valence-electron chi connectivity index (χ2n) is 8.93. The summed E-state index contributed by atoms with van der Waals surface area (Å²) < 4.78 is 41.2. The number of benzene rings is 2. The van der Waals surface area contributed by atoms with Crippen LogP contribution in [0.5, 0.6) is 0 Å². The molecule has 2 aromatic carbocycles. The molecule has 0 atom stereocenters. The SMILES string of the molecule is Cc1ccc(NC(=O)CN(C)CC(=O)NCc2cccc(F)c2)cc1S(=O)(=O)N1CCCCCC1. The van der Waals surface area contributed by atoms with Crippen molar-refractivity contribution >= 4 is 27.5 Å². The fourth-order valence-corrected chi connectivity index (χ4v) is 5.79. The molecule has 1 aliphatic heterocycles. The van der Waals surface area contributed by atoms with E-state index in [9.17, 15) is 22.4 Å². The molecule has 0 unspecified atom stereocenters. The minimum Gasteiger partial charge on any atom is -0.351 e. The van der Waals surface area contributed by atoms with E-state index in [4.69, 9.17) is 0 Å². The molecule has 2 N–H and O–H groups in total. The highest BCUT2D eigenvalue weighted by atomic mass is 32.2. The first kappa shape index (κ1) is 26.8. The van der Waals surface area contributed by atoms with Crippen molar-refractivity contribution in [2.45, 2.75) is 44.0 Å². The number of anilines is 1. The van der Waals surface area contributed by atoms with E-state index in [1.165, 1.54) is 22.5 Å². The first-order chi connectivity index (χ1) is 16.6. The molecule has 0 bridgehead atoms. The zero-order valence-electron chi connectivity index (χ0n) is 20.2. The number of nitrogens with one attached hydrogen (secondary N) is 2. The molecule has 2 amide bonds. The van der Waals surface area contributed by atoms with Crippen molar-refractivity contribution < 1.29 is 22.4 Å².